The van der Waals surface area contributed by atoms with Crippen molar-refractivity contribution in [3.8, 4) is 23.3 Å². The van der Waals surface area contributed by atoms with E-state index in [0.29, 0.717) is 28.5 Å². The molecule has 0 saturated carbocycles. The quantitative estimate of drug-likeness (QED) is 0.469. The van der Waals surface area contributed by atoms with Gasteiger partial charge < -0.3 is 20.1 Å². The number of rotatable bonds is 7. The highest BCUT2D eigenvalue weighted by Crippen LogP contribution is 2.35. The number of ether oxygens (including phenoxy) is 2. The van der Waals surface area contributed by atoms with Gasteiger partial charge in [0, 0.05) is 11.8 Å². The number of carbonyl (C=O) groups is 1. The van der Waals surface area contributed by atoms with E-state index in [4.69, 9.17) is 14.7 Å². The monoisotopic (exact) mass is 455 g/mol. The highest BCUT2D eigenvalue weighted by Gasteiger charge is 2.33. The summed E-state index contributed by atoms with van der Waals surface area (Å²) >= 11 is 0. The molecule has 2 N–H and O–H groups in total. The van der Waals surface area contributed by atoms with Crippen LogP contribution in [0.3, 0.4) is 0 Å². The first-order chi connectivity index (χ1) is 15.7. The molecular formula is C24H20F3N3O3. The normalized spacial score (nSPS) is 11.8. The van der Waals surface area contributed by atoms with Gasteiger partial charge in [-0.3, -0.25) is 4.79 Å². The van der Waals surface area contributed by atoms with Crippen LogP contribution in [0.25, 0.3) is 0 Å². The molecular weight excluding hydrogens is 435 g/mol. The molecule has 0 aromatic heterocycles. The molecule has 1 atom stereocenters. The number of benzene rings is 3. The fourth-order valence-electron chi connectivity index (χ4n) is 2.96. The van der Waals surface area contributed by atoms with Crippen molar-refractivity contribution in [1.82, 2.24) is 0 Å². The second-order valence-electron chi connectivity index (χ2n) is 7.00. The van der Waals surface area contributed by atoms with E-state index in [9.17, 15) is 18.0 Å². The van der Waals surface area contributed by atoms with Crippen molar-refractivity contribution in [2.24, 2.45) is 0 Å². The lowest BCUT2D eigenvalue weighted by Gasteiger charge is -2.18. The number of amides is 1. The largest absolute Gasteiger partial charge is 0.493 e. The van der Waals surface area contributed by atoms with Gasteiger partial charge in [0.2, 0.25) is 5.91 Å². The summed E-state index contributed by atoms with van der Waals surface area (Å²) in [6, 6.07) is 17.4. The van der Waals surface area contributed by atoms with Crippen LogP contribution in [0.15, 0.2) is 66.7 Å². The number of hydrogen-bond donors (Lipinski definition) is 2. The Bertz CT molecular complexity index is 1170. The maximum atomic E-state index is 13.1. The zero-order valence-electron chi connectivity index (χ0n) is 17.7. The summed E-state index contributed by atoms with van der Waals surface area (Å²) in [6.45, 7) is 1.54. The van der Waals surface area contributed by atoms with Gasteiger partial charge in [0.15, 0.2) is 11.5 Å². The topological polar surface area (TPSA) is 83.4 Å². The van der Waals surface area contributed by atoms with Gasteiger partial charge in [-0.25, -0.2) is 0 Å². The van der Waals surface area contributed by atoms with Crippen molar-refractivity contribution in [2.75, 3.05) is 17.7 Å². The Hall–Kier alpha value is -4.19. The van der Waals surface area contributed by atoms with Gasteiger partial charge in [0.25, 0.3) is 0 Å². The first-order valence-corrected chi connectivity index (χ1v) is 9.81. The third-order valence-corrected chi connectivity index (χ3v) is 4.64. The van der Waals surface area contributed by atoms with Crippen molar-refractivity contribution >= 4 is 17.3 Å². The number of anilines is 2. The second kappa shape index (κ2) is 9.96. The lowest BCUT2D eigenvalue weighted by molar-refractivity contribution is -0.137. The molecule has 170 valence electrons. The molecule has 0 bridgehead atoms. The van der Waals surface area contributed by atoms with Crippen LogP contribution in [0, 0.1) is 11.3 Å². The van der Waals surface area contributed by atoms with Crippen molar-refractivity contribution in [3.63, 3.8) is 0 Å². The number of methoxy groups -OCH3 is 1. The van der Waals surface area contributed by atoms with E-state index in [2.05, 4.69) is 10.6 Å². The van der Waals surface area contributed by atoms with Crippen LogP contribution < -0.4 is 20.1 Å². The van der Waals surface area contributed by atoms with Crippen LogP contribution in [0.4, 0.5) is 24.5 Å². The van der Waals surface area contributed by atoms with E-state index < -0.39 is 23.7 Å². The molecule has 0 aliphatic rings. The number of carbonyl (C=O) groups excluding carboxylic acids is 1. The minimum absolute atomic E-state index is 0.302. The van der Waals surface area contributed by atoms with E-state index in [0.717, 1.165) is 6.07 Å². The number of alkyl halides is 3. The van der Waals surface area contributed by atoms with Crippen LogP contribution in [0.1, 0.15) is 18.1 Å². The molecule has 3 aromatic rings. The molecule has 0 saturated heterocycles. The molecule has 3 aromatic carbocycles. The summed E-state index contributed by atoms with van der Waals surface area (Å²) in [5, 5.41) is 14.2. The van der Waals surface area contributed by atoms with Crippen molar-refractivity contribution in [2.45, 2.75) is 19.1 Å². The SMILES string of the molecule is COc1cc(C#N)ccc1Oc1ccc(NC(C)C(=O)Nc2ccccc2C(F)(F)F)cc1. The fourth-order valence-corrected chi connectivity index (χ4v) is 2.96. The third kappa shape index (κ3) is 5.95. The summed E-state index contributed by atoms with van der Waals surface area (Å²) in [5.74, 6) is 0.697. The first kappa shape index (κ1) is 23.5. The van der Waals surface area contributed by atoms with Crippen LogP contribution in [-0.2, 0) is 11.0 Å². The molecule has 0 fully saturated rings. The van der Waals surface area contributed by atoms with E-state index >= 15 is 0 Å². The Morgan fingerprint density at radius 3 is 2.36 bits per heavy atom. The highest BCUT2D eigenvalue weighted by atomic mass is 19.4. The Morgan fingerprint density at radius 1 is 1.03 bits per heavy atom. The lowest BCUT2D eigenvalue weighted by Crippen LogP contribution is -2.32. The number of nitrogens with one attached hydrogen (secondary N) is 2. The van der Waals surface area contributed by atoms with E-state index in [1.165, 1.54) is 32.2 Å². The van der Waals surface area contributed by atoms with Crippen molar-refractivity contribution in [3.05, 3.63) is 77.9 Å². The zero-order chi connectivity index (χ0) is 24.0. The summed E-state index contributed by atoms with van der Waals surface area (Å²) in [4.78, 5) is 12.4. The maximum Gasteiger partial charge on any atom is 0.418 e. The number of nitrogens with zero attached hydrogens (tertiary/aromatic N) is 1. The Labute approximate surface area is 188 Å². The van der Waals surface area contributed by atoms with Crippen LogP contribution in [0.2, 0.25) is 0 Å². The van der Waals surface area contributed by atoms with E-state index in [1.54, 1.807) is 42.5 Å². The van der Waals surface area contributed by atoms with Gasteiger partial charge in [-0.2, -0.15) is 18.4 Å². The average molecular weight is 455 g/mol. The molecule has 33 heavy (non-hydrogen) atoms. The smallest absolute Gasteiger partial charge is 0.418 e. The summed E-state index contributed by atoms with van der Waals surface area (Å²) in [5.41, 5.74) is -0.209. The minimum Gasteiger partial charge on any atom is -0.493 e. The standard InChI is InChI=1S/C24H20F3N3O3/c1-15(23(31)30-20-6-4-3-5-19(20)24(25,26)27)29-17-8-10-18(11-9-17)33-21-12-7-16(14-28)13-22(21)32-2/h3-13,15,29H,1-2H3,(H,30,31). The Morgan fingerprint density at radius 2 is 1.73 bits per heavy atom. The van der Waals surface area contributed by atoms with Gasteiger partial charge in [-0.05, 0) is 55.5 Å². The molecule has 0 aliphatic carbocycles. The molecule has 3 rings (SSSR count). The molecule has 0 spiro atoms. The molecule has 0 radical (unpaired) electrons. The van der Waals surface area contributed by atoms with Gasteiger partial charge in [-0.15, -0.1) is 0 Å². The van der Waals surface area contributed by atoms with Gasteiger partial charge in [-0.1, -0.05) is 12.1 Å². The highest BCUT2D eigenvalue weighted by molar-refractivity contribution is 5.96. The number of nitriles is 1. The van der Waals surface area contributed by atoms with Gasteiger partial charge >= 0.3 is 6.18 Å². The third-order valence-electron chi connectivity index (χ3n) is 4.64. The molecule has 0 aliphatic heterocycles. The fraction of sp³-hybridized carbons (Fsp3) is 0.167. The Kier molecular flexibility index (Phi) is 7.08. The second-order valence-corrected chi connectivity index (χ2v) is 7.00. The number of para-hydroxylation sites is 1. The van der Waals surface area contributed by atoms with Crippen LogP contribution in [-0.4, -0.2) is 19.1 Å². The van der Waals surface area contributed by atoms with Crippen LogP contribution in [0.5, 0.6) is 17.2 Å². The minimum atomic E-state index is -4.58. The average Bonchev–Trinajstić information content (AvgIpc) is 2.80. The molecule has 6 nitrogen and oxygen atoms in total. The maximum absolute atomic E-state index is 13.1. The van der Waals surface area contributed by atoms with E-state index in [-0.39, 0.29) is 5.69 Å². The Balaban J connectivity index is 1.65. The molecule has 0 heterocycles. The van der Waals surface area contributed by atoms with Crippen LogP contribution >= 0.6 is 0 Å². The lowest BCUT2D eigenvalue weighted by atomic mass is 10.1. The predicted octanol–water partition coefficient (Wildman–Crippen LogP) is 5.82. The molecule has 1 amide bonds. The van der Waals surface area contributed by atoms with Crippen molar-refractivity contribution < 1.29 is 27.4 Å². The summed E-state index contributed by atoms with van der Waals surface area (Å²) in [7, 11) is 1.47. The zero-order valence-corrected chi connectivity index (χ0v) is 17.7. The van der Waals surface area contributed by atoms with Gasteiger partial charge in [0.05, 0.1) is 30.0 Å². The van der Waals surface area contributed by atoms with Gasteiger partial charge in [0.1, 0.15) is 11.8 Å². The molecule has 9 heteroatoms. The first-order valence-electron chi connectivity index (χ1n) is 9.81. The van der Waals surface area contributed by atoms with Crippen molar-refractivity contribution in [1.29, 1.82) is 5.26 Å². The molecule has 1 unspecified atom stereocenters. The number of halogens is 3. The summed E-state index contributed by atoms with van der Waals surface area (Å²) < 4.78 is 50.4. The predicted molar refractivity (Wildman–Crippen MR) is 117 cm³/mol. The van der Waals surface area contributed by atoms with E-state index in [1.807, 2.05) is 6.07 Å². The summed E-state index contributed by atoms with van der Waals surface area (Å²) in [6.07, 6.45) is -4.58. The number of hydrogen-bond acceptors (Lipinski definition) is 5.